The number of aryl methyl sites for hydroxylation is 1. The summed E-state index contributed by atoms with van der Waals surface area (Å²) in [7, 11) is -1.64. The van der Waals surface area contributed by atoms with Gasteiger partial charge in [0.25, 0.3) is 0 Å². The molecule has 3 unspecified atom stereocenters. The maximum absolute atomic E-state index is 13.0. The number of allylic oxidation sites excluding steroid dienone is 1. The molecule has 0 saturated carbocycles. The van der Waals surface area contributed by atoms with E-state index in [1.807, 2.05) is 30.4 Å². The van der Waals surface area contributed by atoms with Gasteiger partial charge < -0.3 is 14.4 Å². The highest BCUT2D eigenvalue weighted by atomic mass is 35.5. The second kappa shape index (κ2) is 14.2. The molecule has 2 aromatic rings. The van der Waals surface area contributed by atoms with Crippen molar-refractivity contribution in [3.8, 4) is 5.75 Å². The number of halogens is 1. The summed E-state index contributed by atoms with van der Waals surface area (Å²) in [6.45, 7) is 7.76. The lowest BCUT2D eigenvalue weighted by atomic mass is 9.92. The Morgan fingerprint density at radius 1 is 1.13 bits per heavy atom. The second-order valence-electron chi connectivity index (χ2n) is 10.1. The topological polar surface area (TPSA) is 67.9 Å². The number of fused-ring (bicyclic) bond motifs is 1. The molecular formula is C30H39ClN2O4S. The molecule has 0 spiro atoms. The van der Waals surface area contributed by atoms with Gasteiger partial charge in [-0.25, -0.2) is 4.21 Å². The summed E-state index contributed by atoms with van der Waals surface area (Å²) in [5, 5.41) is 0.755. The van der Waals surface area contributed by atoms with Crippen molar-refractivity contribution in [1.82, 2.24) is 4.72 Å². The first-order chi connectivity index (χ1) is 18.5. The minimum absolute atomic E-state index is 0.158. The van der Waals surface area contributed by atoms with Crippen LogP contribution in [-0.2, 0) is 26.9 Å². The zero-order valence-corrected chi connectivity index (χ0v) is 24.0. The van der Waals surface area contributed by atoms with Crippen LogP contribution < -0.4 is 14.4 Å². The van der Waals surface area contributed by atoms with E-state index in [4.69, 9.17) is 21.1 Å². The fraction of sp³-hybridized carbons (Fsp3) is 0.500. The van der Waals surface area contributed by atoms with Crippen LogP contribution in [0.3, 0.4) is 0 Å². The Bertz CT molecular complexity index is 1160. The van der Waals surface area contributed by atoms with E-state index in [0.717, 1.165) is 55.2 Å². The minimum atomic E-state index is -1.64. The number of ether oxygens (including phenoxy) is 2. The van der Waals surface area contributed by atoms with E-state index in [2.05, 4.69) is 35.6 Å². The largest absolute Gasteiger partial charge is 0.491 e. The third kappa shape index (κ3) is 7.61. The molecule has 8 heteroatoms. The SMILES string of the molecule is CCCc1cc(Cl)ccc1C1COc2ccc3cc2N(CCC(CC)COC/C=C/CCC(=O)NS3=O)C1. The molecule has 206 valence electrons. The van der Waals surface area contributed by atoms with Crippen molar-refractivity contribution in [2.75, 3.05) is 37.8 Å². The summed E-state index contributed by atoms with van der Waals surface area (Å²) in [4.78, 5) is 15.3. The van der Waals surface area contributed by atoms with Crippen LogP contribution >= 0.6 is 11.6 Å². The average Bonchev–Trinajstić information content (AvgIpc) is 3.08. The van der Waals surface area contributed by atoms with Gasteiger partial charge in [0.05, 0.1) is 23.8 Å². The molecule has 2 aromatic carbocycles. The number of nitrogens with one attached hydrogen (secondary N) is 1. The van der Waals surface area contributed by atoms with Crippen molar-refractivity contribution in [3.05, 3.63) is 64.7 Å². The molecule has 0 aromatic heterocycles. The molecule has 2 bridgehead atoms. The molecule has 0 saturated heterocycles. The van der Waals surface area contributed by atoms with E-state index >= 15 is 0 Å². The summed E-state index contributed by atoms with van der Waals surface area (Å²) in [6, 6.07) is 11.8. The van der Waals surface area contributed by atoms with E-state index in [1.54, 1.807) is 6.07 Å². The molecule has 2 aliphatic heterocycles. The van der Waals surface area contributed by atoms with Gasteiger partial charge in [-0.15, -0.1) is 0 Å². The highest BCUT2D eigenvalue weighted by molar-refractivity contribution is 7.83. The normalized spacial score (nSPS) is 24.0. The Kier molecular flexibility index (Phi) is 10.7. The average molecular weight is 559 g/mol. The van der Waals surface area contributed by atoms with Crippen LogP contribution in [-0.4, -0.2) is 43.0 Å². The Balaban J connectivity index is 1.67. The van der Waals surface area contributed by atoms with Crippen LogP contribution in [0.15, 0.2) is 53.4 Å². The number of benzene rings is 2. The molecule has 4 rings (SSSR count). The zero-order chi connectivity index (χ0) is 26.9. The Labute approximate surface area is 234 Å². The standard InChI is InChI=1S/C30H39ClN2O4S/c1-3-8-23-17-25(31)10-12-27(23)24-19-33-15-14-22(4-2)20-36-16-7-5-6-9-30(34)32-38(35)26-11-13-29(37-21-24)28(33)18-26/h5,7,10-13,17-18,22,24H,3-4,6,8-9,14-16,19-21H2,1-2H3,(H,32,34)/b7-5+. The Hall–Kier alpha value is -2.35. The molecule has 1 amide bonds. The fourth-order valence-corrected chi connectivity index (χ4v) is 6.14. The van der Waals surface area contributed by atoms with Gasteiger partial charge in [0.2, 0.25) is 5.91 Å². The van der Waals surface area contributed by atoms with E-state index in [0.29, 0.717) is 37.1 Å². The van der Waals surface area contributed by atoms with Gasteiger partial charge in [-0.1, -0.05) is 56.5 Å². The van der Waals surface area contributed by atoms with Crippen LogP contribution in [0.5, 0.6) is 5.75 Å². The number of hydrogen-bond donors (Lipinski definition) is 1. The number of rotatable bonds is 4. The van der Waals surface area contributed by atoms with Crippen LogP contribution in [0.4, 0.5) is 5.69 Å². The second-order valence-corrected chi connectivity index (χ2v) is 11.7. The van der Waals surface area contributed by atoms with Crippen molar-refractivity contribution in [2.24, 2.45) is 5.92 Å². The highest BCUT2D eigenvalue weighted by Crippen LogP contribution is 2.37. The van der Waals surface area contributed by atoms with Gasteiger partial charge in [0.1, 0.15) is 5.75 Å². The van der Waals surface area contributed by atoms with Crippen molar-refractivity contribution < 1.29 is 18.5 Å². The predicted octanol–water partition coefficient (Wildman–Crippen LogP) is 6.20. The lowest BCUT2D eigenvalue weighted by Gasteiger charge is -2.29. The molecule has 6 nitrogen and oxygen atoms in total. The first-order valence-corrected chi connectivity index (χ1v) is 15.2. The number of anilines is 1. The van der Waals surface area contributed by atoms with Crippen LogP contribution in [0, 0.1) is 5.92 Å². The predicted molar refractivity (Wildman–Crippen MR) is 154 cm³/mol. The van der Waals surface area contributed by atoms with Gasteiger partial charge in [-0.3, -0.25) is 9.52 Å². The summed E-state index contributed by atoms with van der Waals surface area (Å²) in [5.74, 6) is 1.12. The number of carbonyl (C=O) groups excluding carboxylic acids is 1. The molecule has 2 aliphatic rings. The van der Waals surface area contributed by atoms with Crippen molar-refractivity contribution in [2.45, 2.75) is 63.2 Å². The third-order valence-corrected chi connectivity index (χ3v) is 8.62. The molecule has 0 fully saturated rings. The van der Waals surface area contributed by atoms with E-state index < -0.39 is 11.0 Å². The minimum Gasteiger partial charge on any atom is -0.491 e. The zero-order valence-electron chi connectivity index (χ0n) is 22.4. The molecule has 0 aliphatic carbocycles. The fourth-order valence-electron chi connectivity index (χ4n) is 5.11. The first-order valence-electron chi connectivity index (χ1n) is 13.7. The quantitative estimate of drug-likeness (QED) is 0.453. The van der Waals surface area contributed by atoms with Crippen LogP contribution in [0.1, 0.15) is 63.0 Å². The summed E-state index contributed by atoms with van der Waals surface area (Å²) >= 11 is 6.36. The molecule has 38 heavy (non-hydrogen) atoms. The number of carbonyl (C=O) groups is 1. The third-order valence-electron chi connectivity index (χ3n) is 7.29. The smallest absolute Gasteiger partial charge is 0.232 e. The first kappa shape index (κ1) is 28.7. The molecule has 1 N–H and O–H groups in total. The summed E-state index contributed by atoms with van der Waals surface area (Å²) in [6.07, 6.45) is 8.78. The maximum Gasteiger partial charge on any atom is 0.232 e. The Morgan fingerprint density at radius 3 is 2.82 bits per heavy atom. The molecule has 3 atom stereocenters. The molecule has 0 radical (unpaired) electrons. The molecular weight excluding hydrogens is 520 g/mol. The number of amides is 1. The Morgan fingerprint density at radius 2 is 2.00 bits per heavy atom. The summed E-state index contributed by atoms with van der Waals surface area (Å²) in [5.41, 5.74) is 3.45. The number of nitrogens with zero attached hydrogens (tertiary/aromatic N) is 1. The van der Waals surface area contributed by atoms with Gasteiger partial charge in [-0.05, 0) is 66.6 Å². The van der Waals surface area contributed by atoms with Gasteiger partial charge in [0.15, 0.2) is 11.0 Å². The lowest BCUT2D eigenvalue weighted by molar-refractivity contribution is -0.119. The van der Waals surface area contributed by atoms with E-state index in [1.165, 1.54) is 11.1 Å². The van der Waals surface area contributed by atoms with E-state index in [-0.39, 0.29) is 18.2 Å². The lowest BCUT2D eigenvalue weighted by Crippen LogP contribution is -2.32. The monoisotopic (exact) mass is 558 g/mol. The van der Waals surface area contributed by atoms with Crippen molar-refractivity contribution in [1.29, 1.82) is 0 Å². The van der Waals surface area contributed by atoms with E-state index in [9.17, 15) is 9.00 Å². The van der Waals surface area contributed by atoms with Crippen LogP contribution in [0.2, 0.25) is 5.02 Å². The van der Waals surface area contributed by atoms with Crippen LogP contribution in [0.25, 0.3) is 0 Å². The van der Waals surface area contributed by atoms with Gasteiger partial charge in [-0.2, -0.15) is 0 Å². The highest BCUT2D eigenvalue weighted by Gasteiger charge is 2.27. The maximum atomic E-state index is 13.0. The molecule has 2 heterocycles. The van der Waals surface area contributed by atoms with Gasteiger partial charge >= 0.3 is 0 Å². The summed E-state index contributed by atoms with van der Waals surface area (Å²) < 4.78 is 28.0. The van der Waals surface area contributed by atoms with Crippen molar-refractivity contribution >= 4 is 34.2 Å². The van der Waals surface area contributed by atoms with Crippen molar-refractivity contribution in [3.63, 3.8) is 0 Å². The number of hydrogen-bond acceptors (Lipinski definition) is 5. The van der Waals surface area contributed by atoms with Gasteiger partial charge in [0, 0.05) is 37.1 Å².